The van der Waals surface area contributed by atoms with E-state index in [1.807, 2.05) is 0 Å². The van der Waals surface area contributed by atoms with Crippen molar-refractivity contribution in [1.82, 2.24) is 0 Å². The first-order valence-electron chi connectivity index (χ1n) is 11.5. The molecule has 0 saturated heterocycles. The molecule has 160 valence electrons. The number of carbonyl (C=O) groups excluding carboxylic acids is 2. The molecule has 3 saturated carbocycles. The van der Waals surface area contributed by atoms with Gasteiger partial charge in [0.15, 0.2) is 0 Å². The first-order valence-corrected chi connectivity index (χ1v) is 11.5. The van der Waals surface area contributed by atoms with Crippen molar-refractivity contribution < 1.29 is 19.4 Å². The third-order valence-corrected chi connectivity index (χ3v) is 9.17. The van der Waals surface area contributed by atoms with Gasteiger partial charge in [0.2, 0.25) is 0 Å². The minimum atomic E-state index is -0.436. The second-order valence-electron chi connectivity index (χ2n) is 10.5. The fourth-order valence-electron chi connectivity index (χ4n) is 7.36. The summed E-state index contributed by atoms with van der Waals surface area (Å²) in [5.74, 6) is 1.81. The molecule has 1 aromatic carbocycles. The summed E-state index contributed by atoms with van der Waals surface area (Å²) in [6.45, 7) is 4.64. The Kier molecular flexibility index (Phi) is 4.61. The van der Waals surface area contributed by atoms with E-state index in [2.05, 4.69) is 19.9 Å². The highest BCUT2D eigenvalue weighted by Gasteiger charge is 2.58. The molecule has 0 spiro atoms. The zero-order valence-corrected chi connectivity index (χ0v) is 18.0. The van der Waals surface area contributed by atoms with Crippen LogP contribution in [0.3, 0.4) is 0 Å². The molecule has 3 fully saturated rings. The number of carbonyl (C=O) groups is 2. The fraction of sp³-hybridized carbons (Fsp3) is 0.615. The van der Waals surface area contributed by atoms with Gasteiger partial charge in [0.05, 0.1) is 0 Å². The number of hydrogen-bond donors (Lipinski definition) is 1. The smallest absolute Gasteiger partial charge is 0.342 e. The zero-order chi connectivity index (χ0) is 21.1. The van der Waals surface area contributed by atoms with Crippen molar-refractivity contribution in [3.8, 4) is 5.75 Å². The van der Waals surface area contributed by atoms with Crippen molar-refractivity contribution >= 4 is 11.8 Å². The Labute approximate surface area is 178 Å². The molecule has 4 aliphatic carbocycles. The van der Waals surface area contributed by atoms with E-state index in [1.54, 1.807) is 18.2 Å². The molecular weight excluding hydrogens is 376 g/mol. The van der Waals surface area contributed by atoms with Crippen LogP contribution in [0.5, 0.6) is 5.75 Å². The summed E-state index contributed by atoms with van der Waals surface area (Å²) < 4.78 is 5.80. The molecule has 1 aromatic rings. The molecule has 0 heterocycles. The molecule has 1 N–H and O–H groups in total. The van der Waals surface area contributed by atoms with Crippen LogP contribution in [0.25, 0.3) is 0 Å². The van der Waals surface area contributed by atoms with Gasteiger partial charge in [0, 0.05) is 18.3 Å². The number of para-hydroxylation sites is 1. The van der Waals surface area contributed by atoms with Crippen LogP contribution >= 0.6 is 0 Å². The van der Waals surface area contributed by atoms with Crippen LogP contribution in [-0.4, -0.2) is 23.0 Å². The van der Waals surface area contributed by atoms with Crippen molar-refractivity contribution in [2.24, 2.45) is 28.6 Å². The average Bonchev–Trinajstić information content (AvgIpc) is 3.03. The van der Waals surface area contributed by atoms with E-state index in [0.29, 0.717) is 23.5 Å². The van der Waals surface area contributed by atoms with Crippen molar-refractivity contribution in [2.45, 2.75) is 71.3 Å². The van der Waals surface area contributed by atoms with Crippen LogP contribution < -0.4 is 0 Å². The van der Waals surface area contributed by atoms with E-state index in [9.17, 15) is 14.7 Å². The molecule has 0 aliphatic heterocycles. The zero-order valence-electron chi connectivity index (χ0n) is 18.0. The maximum Gasteiger partial charge on any atom is 0.342 e. The topological polar surface area (TPSA) is 63.6 Å². The van der Waals surface area contributed by atoms with Gasteiger partial charge in [-0.3, -0.25) is 4.79 Å². The monoisotopic (exact) mass is 408 g/mol. The van der Waals surface area contributed by atoms with Gasteiger partial charge in [-0.25, -0.2) is 4.79 Å². The summed E-state index contributed by atoms with van der Waals surface area (Å²) in [5.41, 5.74) is 1.75. The SMILES string of the molecule is CC12CCC3C(CC=C4CC(OC(=O)c5ccccc5O)CCC43C)C1CCC2=O. The van der Waals surface area contributed by atoms with Crippen molar-refractivity contribution in [3.05, 3.63) is 41.5 Å². The second kappa shape index (κ2) is 6.96. The van der Waals surface area contributed by atoms with Crippen molar-refractivity contribution in [1.29, 1.82) is 0 Å². The lowest BCUT2D eigenvalue weighted by atomic mass is 9.48. The number of hydrogen-bond acceptors (Lipinski definition) is 4. The Hall–Kier alpha value is -2.10. The van der Waals surface area contributed by atoms with E-state index in [-0.39, 0.29) is 28.2 Å². The van der Waals surface area contributed by atoms with E-state index in [1.165, 1.54) is 11.6 Å². The lowest BCUT2D eigenvalue weighted by Gasteiger charge is -2.56. The lowest BCUT2D eigenvalue weighted by Crippen LogP contribution is -2.50. The van der Waals surface area contributed by atoms with Gasteiger partial charge in [-0.15, -0.1) is 0 Å². The number of ketones is 1. The number of fused-ring (bicyclic) bond motifs is 5. The highest BCUT2D eigenvalue weighted by atomic mass is 16.5. The minimum absolute atomic E-state index is 0.0285. The summed E-state index contributed by atoms with van der Waals surface area (Å²) in [5, 5.41) is 9.95. The number of ether oxygens (including phenoxy) is 1. The molecule has 5 rings (SSSR count). The largest absolute Gasteiger partial charge is 0.507 e. The summed E-state index contributed by atoms with van der Waals surface area (Å²) in [6.07, 6.45) is 10.0. The lowest BCUT2D eigenvalue weighted by molar-refractivity contribution is -0.132. The Balaban J connectivity index is 1.33. The van der Waals surface area contributed by atoms with Gasteiger partial charge in [-0.2, -0.15) is 0 Å². The minimum Gasteiger partial charge on any atom is -0.507 e. The van der Waals surface area contributed by atoms with Gasteiger partial charge in [-0.05, 0) is 73.8 Å². The van der Waals surface area contributed by atoms with Crippen LogP contribution in [0.15, 0.2) is 35.9 Å². The highest BCUT2D eigenvalue weighted by molar-refractivity contribution is 5.92. The highest BCUT2D eigenvalue weighted by Crippen LogP contribution is 2.64. The van der Waals surface area contributed by atoms with Gasteiger partial charge in [0.25, 0.3) is 0 Å². The maximum atomic E-state index is 12.6. The van der Waals surface area contributed by atoms with E-state index in [0.717, 1.165) is 51.4 Å². The van der Waals surface area contributed by atoms with Crippen LogP contribution in [0.1, 0.15) is 75.6 Å². The number of rotatable bonds is 2. The number of aromatic hydroxyl groups is 1. The number of benzene rings is 1. The average molecular weight is 409 g/mol. The molecule has 4 nitrogen and oxygen atoms in total. The molecule has 0 bridgehead atoms. The number of esters is 1. The third-order valence-electron chi connectivity index (χ3n) is 9.17. The van der Waals surface area contributed by atoms with Gasteiger partial charge >= 0.3 is 5.97 Å². The molecule has 0 radical (unpaired) electrons. The molecule has 6 atom stereocenters. The Bertz CT molecular complexity index is 917. The number of allylic oxidation sites excluding steroid dienone is 1. The maximum absolute atomic E-state index is 12.6. The Morgan fingerprint density at radius 3 is 2.60 bits per heavy atom. The van der Waals surface area contributed by atoms with Crippen LogP contribution in [0.2, 0.25) is 0 Å². The molecule has 30 heavy (non-hydrogen) atoms. The predicted octanol–water partition coefficient (Wildman–Crippen LogP) is 5.45. The molecule has 6 unspecified atom stereocenters. The molecular formula is C26H32O4. The van der Waals surface area contributed by atoms with Crippen LogP contribution in [0.4, 0.5) is 0 Å². The van der Waals surface area contributed by atoms with E-state index in [4.69, 9.17) is 4.74 Å². The van der Waals surface area contributed by atoms with Crippen molar-refractivity contribution in [3.63, 3.8) is 0 Å². The predicted molar refractivity (Wildman–Crippen MR) is 114 cm³/mol. The number of Topliss-reactive ketones (excluding diaryl/α,β-unsaturated/α-hetero) is 1. The summed E-state index contributed by atoms with van der Waals surface area (Å²) in [6, 6.07) is 6.57. The first kappa shape index (κ1) is 19.8. The summed E-state index contributed by atoms with van der Waals surface area (Å²) in [4.78, 5) is 25.1. The Morgan fingerprint density at radius 2 is 1.80 bits per heavy atom. The van der Waals surface area contributed by atoms with Crippen molar-refractivity contribution in [2.75, 3.05) is 0 Å². The van der Waals surface area contributed by atoms with Gasteiger partial charge in [0.1, 0.15) is 23.2 Å². The summed E-state index contributed by atoms with van der Waals surface area (Å²) >= 11 is 0. The third kappa shape index (κ3) is 2.86. The quantitative estimate of drug-likeness (QED) is 0.522. The molecule has 4 heteroatoms. The number of phenolic OH excluding ortho intramolecular Hbond substituents is 1. The van der Waals surface area contributed by atoms with Gasteiger partial charge < -0.3 is 9.84 Å². The fourth-order valence-corrected chi connectivity index (χ4v) is 7.36. The normalized spacial score (nSPS) is 40.1. The summed E-state index contributed by atoms with van der Waals surface area (Å²) in [7, 11) is 0. The van der Waals surface area contributed by atoms with E-state index >= 15 is 0 Å². The van der Waals surface area contributed by atoms with Gasteiger partial charge in [-0.1, -0.05) is 37.6 Å². The van der Waals surface area contributed by atoms with Crippen LogP contribution in [-0.2, 0) is 9.53 Å². The van der Waals surface area contributed by atoms with E-state index < -0.39 is 5.97 Å². The Morgan fingerprint density at radius 1 is 1.07 bits per heavy atom. The van der Waals surface area contributed by atoms with Crippen LogP contribution in [0, 0.1) is 28.6 Å². The molecule has 4 aliphatic rings. The second-order valence-corrected chi connectivity index (χ2v) is 10.5. The molecule has 0 aromatic heterocycles. The molecule has 0 amide bonds. The number of phenols is 1. The first-order chi connectivity index (χ1) is 14.3. The standard InChI is InChI=1S/C26H32O4/c1-25-13-11-17(30-24(29)19-5-3-4-6-22(19)27)15-16(25)7-8-18-20-9-10-23(28)26(20,2)14-12-21(18)25/h3-7,17-18,20-21,27H,8-15H2,1-2H3.